The number of carbonyl (C=O) groups is 3. The van der Waals surface area contributed by atoms with E-state index in [4.69, 9.17) is 9.84 Å². The highest BCUT2D eigenvalue weighted by Crippen LogP contribution is 2.75. The van der Waals surface area contributed by atoms with Crippen molar-refractivity contribution >= 4 is 27.6 Å². The van der Waals surface area contributed by atoms with Crippen LogP contribution in [-0.4, -0.2) is 102 Å². The number of piperazine rings is 1. The Morgan fingerprint density at radius 2 is 1.78 bits per heavy atom. The third kappa shape index (κ3) is 2.58. The minimum atomic E-state index is -3.77. The Labute approximate surface area is 187 Å². The Balaban J connectivity index is 1.52. The predicted molar refractivity (Wildman–Crippen MR) is 112 cm³/mol. The Hall–Kier alpha value is -1.98. The van der Waals surface area contributed by atoms with Gasteiger partial charge in [-0.3, -0.25) is 24.2 Å². The van der Waals surface area contributed by atoms with Crippen molar-refractivity contribution in [3.8, 4) is 0 Å². The van der Waals surface area contributed by atoms with E-state index >= 15 is 0 Å². The van der Waals surface area contributed by atoms with Crippen LogP contribution in [0, 0.1) is 5.41 Å². The number of nitrogens with zero attached hydrogens (tertiary/aromatic N) is 3. The lowest BCUT2D eigenvalue weighted by Gasteiger charge is -2.52. The van der Waals surface area contributed by atoms with E-state index in [0.717, 1.165) is 30.6 Å². The highest BCUT2D eigenvalue weighted by Gasteiger charge is 2.81. The summed E-state index contributed by atoms with van der Waals surface area (Å²) in [6, 6.07) is 0. The molecule has 1 N–H and O–H groups in total. The zero-order valence-electron chi connectivity index (χ0n) is 18.4. The molecule has 32 heavy (non-hydrogen) atoms. The van der Waals surface area contributed by atoms with E-state index in [9.17, 15) is 22.8 Å². The molecule has 176 valence electrons. The highest BCUT2D eigenvalue weighted by molar-refractivity contribution is 7.94. The number of β-lactam (4-membered cyclic amide) rings is 1. The van der Waals surface area contributed by atoms with Crippen LogP contribution in [0.3, 0.4) is 0 Å². The second-order valence-electron chi connectivity index (χ2n) is 9.73. The van der Waals surface area contributed by atoms with Gasteiger partial charge < -0.3 is 14.7 Å². The number of ether oxygens (including phenoxy) is 1. The van der Waals surface area contributed by atoms with Gasteiger partial charge in [0.15, 0.2) is 21.3 Å². The molecular weight excluding hydrogens is 438 g/mol. The number of sulfone groups is 1. The molecule has 2 amide bonds. The summed E-state index contributed by atoms with van der Waals surface area (Å²) >= 11 is 0. The molecule has 0 aromatic rings. The first-order valence-electron chi connectivity index (χ1n) is 11.2. The number of hydrogen-bond donors (Lipinski definition) is 1. The molecule has 2 aliphatic carbocycles. The van der Waals surface area contributed by atoms with Gasteiger partial charge in [-0.1, -0.05) is 12.8 Å². The molecule has 11 heteroatoms. The average Bonchev–Trinajstić information content (AvgIpc) is 3.16. The Kier molecular flexibility index (Phi) is 4.78. The SMILES string of the molecule is COC1C(=O)N2C(C(=O)N3CCN(CC(=O)O)CC3)=C(C)C3(CC34CCCC4)S(=O)(=O)C12. The number of methoxy groups -OCH3 is 1. The van der Waals surface area contributed by atoms with Crippen molar-refractivity contribution < 1.29 is 32.6 Å². The van der Waals surface area contributed by atoms with Crippen molar-refractivity contribution in [1.82, 2.24) is 14.7 Å². The molecule has 0 bridgehead atoms. The Morgan fingerprint density at radius 3 is 2.34 bits per heavy atom. The molecule has 3 aliphatic heterocycles. The van der Waals surface area contributed by atoms with Crippen LogP contribution < -0.4 is 0 Å². The molecular formula is C21H29N3O7S. The summed E-state index contributed by atoms with van der Waals surface area (Å²) in [5.41, 5.74) is 0.347. The van der Waals surface area contributed by atoms with Crippen LogP contribution in [0.25, 0.3) is 0 Å². The van der Waals surface area contributed by atoms with Crippen LogP contribution in [0.15, 0.2) is 11.3 Å². The number of hydrogen-bond acceptors (Lipinski definition) is 7. The van der Waals surface area contributed by atoms with Gasteiger partial charge in [0, 0.05) is 33.3 Å². The zero-order valence-corrected chi connectivity index (χ0v) is 19.2. The fourth-order valence-electron chi connectivity index (χ4n) is 6.70. The van der Waals surface area contributed by atoms with Crippen LogP contribution in [0.1, 0.15) is 39.0 Å². The Bertz CT molecular complexity index is 1020. The van der Waals surface area contributed by atoms with Crippen LogP contribution in [0.2, 0.25) is 0 Å². The summed E-state index contributed by atoms with van der Waals surface area (Å²) in [7, 11) is -2.44. The van der Waals surface area contributed by atoms with Crippen LogP contribution >= 0.6 is 0 Å². The van der Waals surface area contributed by atoms with Crippen LogP contribution in [0.4, 0.5) is 0 Å². The number of carboxylic acid groups (broad SMARTS) is 1. The van der Waals surface area contributed by atoms with Gasteiger partial charge in [0.2, 0.25) is 0 Å². The molecule has 2 saturated heterocycles. The first-order valence-corrected chi connectivity index (χ1v) is 12.7. The summed E-state index contributed by atoms with van der Waals surface area (Å²) in [6.07, 6.45) is 3.00. The lowest BCUT2D eigenvalue weighted by atomic mass is 9.93. The average molecular weight is 468 g/mol. The summed E-state index contributed by atoms with van der Waals surface area (Å²) in [6.45, 7) is 3.10. The van der Waals surface area contributed by atoms with Crippen molar-refractivity contribution in [3.05, 3.63) is 11.3 Å². The molecule has 3 unspecified atom stereocenters. The summed E-state index contributed by atoms with van der Waals surface area (Å²) in [4.78, 5) is 42.0. The summed E-state index contributed by atoms with van der Waals surface area (Å²) in [5.74, 6) is -1.76. The van der Waals surface area contributed by atoms with E-state index in [0.29, 0.717) is 38.2 Å². The van der Waals surface area contributed by atoms with Gasteiger partial charge in [-0.25, -0.2) is 8.42 Å². The smallest absolute Gasteiger partial charge is 0.317 e. The quantitative estimate of drug-likeness (QED) is 0.564. The largest absolute Gasteiger partial charge is 0.480 e. The van der Waals surface area contributed by atoms with Crippen molar-refractivity contribution in [2.24, 2.45) is 5.41 Å². The van der Waals surface area contributed by atoms with Gasteiger partial charge in [0.25, 0.3) is 11.8 Å². The summed E-state index contributed by atoms with van der Waals surface area (Å²) < 4.78 is 31.8. The maximum Gasteiger partial charge on any atom is 0.317 e. The molecule has 2 saturated carbocycles. The second-order valence-corrected chi connectivity index (χ2v) is 12.0. The number of rotatable bonds is 4. The molecule has 3 atom stereocenters. The van der Waals surface area contributed by atoms with E-state index in [1.54, 1.807) is 16.7 Å². The summed E-state index contributed by atoms with van der Waals surface area (Å²) in [5, 5.41) is 7.84. The predicted octanol–water partition coefficient (Wildman–Crippen LogP) is -0.196. The second kappa shape index (κ2) is 7.01. The topological polar surface area (TPSA) is 125 Å². The molecule has 3 heterocycles. The van der Waals surface area contributed by atoms with Crippen LogP contribution in [-0.2, 0) is 29.0 Å². The standard InChI is InChI=1S/C21H29N3O7S/c1-13-15(17(27)23-9-7-22(8-10-23)11-14(25)26)24-18(28)16(31-2)19(24)32(29,30)21(13)12-20(21)5-3-4-6-20/h16,19H,3-12H2,1-2H3,(H,25,26). The van der Waals surface area contributed by atoms with Crippen molar-refractivity contribution in [2.75, 3.05) is 39.8 Å². The third-order valence-corrected chi connectivity index (χ3v) is 11.3. The van der Waals surface area contributed by atoms with E-state index < -0.39 is 37.9 Å². The number of fused-ring (bicyclic) bond motifs is 2. The number of amides is 2. The molecule has 5 aliphatic rings. The number of aliphatic carboxylic acids is 1. The Morgan fingerprint density at radius 1 is 1.16 bits per heavy atom. The van der Waals surface area contributed by atoms with Gasteiger partial charge in [0.05, 0.1) is 6.54 Å². The maximum atomic E-state index is 13.8. The highest BCUT2D eigenvalue weighted by atomic mass is 32.2. The fourth-order valence-corrected chi connectivity index (χ4v) is 9.96. The lowest BCUT2D eigenvalue weighted by Crippen LogP contribution is -2.73. The van der Waals surface area contributed by atoms with Gasteiger partial charge in [-0.2, -0.15) is 0 Å². The number of carboxylic acids is 1. The van der Waals surface area contributed by atoms with Gasteiger partial charge in [-0.15, -0.1) is 0 Å². The van der Waals surface area contributed by atoms with Gasteiger partial charge >= 0.3 is 5.97 Å². The fraction of sp³-hybridized carbons (Fsp3) is 0.762. The molecule has 4 fully saturated rings. The van der Waals surface area contributed by atoms with Gasteiger partial charge in [-0.05, 0) is 37.2 Å². The van der Waals surface area contributed by atoms with Crippen molar-refractivity contribution in [3.63, 3.8) is 0 Å². The van der Waals surface area contributed by atoms with Gasteiger partial charge in [0.1, 0.15) is 10.4 Å². The van der Waals surface area contributed by atoms with Crippen molar-refractivity contribution in [1.29, 1.82) is 0 Å². The van der Waals surface area contributed by atoms with E-state index in [1.807, 2.05) is 0 Å². The maximum absolute atomic E-state index is 13.8. The van der Waals surface area contributed by atoms with Crippen LogP contribution in [0.5, 0.6) is 0 Å². The molecule has 10 nitrogen and oxygen atoms in total. The first kappa shape index (κ1) is 21.8. The monoisotopic (exact) mass is 467 g/mol. The third-order valence-electron chi connectivity index (χ3n) is 8.35. The zero-order chi connectivity index (χ0) is 23.1. The molecule has 0 aromatic heterocycles. The van der Waals surface area contributed by atoms with E-state index in [2.05, 4.69) is 0 Å². The molecule has 5 rings (SSSR count). The molecule has 0 radical (unpaired) electrons. The van der Waals surface area contributed by atoms with E-state index in [1.165, 1.54) is 7.11 Å². The molecule has 0 aromatic carbocycles. The first-order chi connectivity index (χ1) is 15.1. The molecule has 2 spiro atoms. The minimum Gasteiger partial charge on any atom is -0.480 e. The van der Waals surface area contributed by atoms with E-state index in [-0.39, 0.29) is 23.6 Å². The van der Waals surface area contributed by atoms with Crippen molar-refractivity contribution in [2.45, 2.75) is 55.3 Å². The number of carbonyl (C=O) groups excluding carboxylic acids is 2. The lowest BCUT2D eigenvalue weighted by molar-refractivity contribution is -0.162. The normalized spacial score (nSPS) is 35.2. The minimum absolute atomic E-state index is 0.0875.